The Balaban J connectivity index is 1.37. The summed E-state index contributed by atoms with van der Waals surface area (Å²) in [5.74, 6) is 2.01. The van der Waals surface area contributed by atoms with Crippen molar-refractivity contribution in [3.05, 3.63) is 151 Å². The van der Waals surface area contributed by atoms with E-state index in [1.165, 1.54) is 0 Å². The molecule has 0 saturated heterocycles. The van der Waals surface area contributed by atoms with Crippen LogP contribution in [0.5, 0.6) is 17.2 Å². The fourth-order valence-corrected chi connectivity index (χ4v) is 9.93. The molecule has 0 unspecified atom stereocenters. The molecular weight excluding hydrogens is 985 g/mol. The van der Waals surface area contributed by atoms with E-state index in [1.54, 1.807) is 0 Å². The third-order valence-corrected chi connectivity index (χ3v) is 14.6. The predicted octanol–water partition coefficient (Wildman–Crippen LogP) is 10.4. The molecule has 0 spiro atoms. The van der Waals surface area contributed by atoms with Crippen LogP contribution in [0.4, 0.5) is 34.1 Å². The smallest absolute Gasteiger partial charge is 0.253 e. The second kappa shape index (κ2) is 27.1. The topological polar surface area (TPSA) is 176 Å². The van der Waals surface area contributed by atoms with Crippen LogP contribution in [0.25, 0.3) is 33.4 Å². The Hall–Kier alpha value is -7.68. The zero-order valence-corrected chi connectivity index (χ0v) is 47.2. The molecule has 78 heavy (non-hydrogen) atoms. The predicted molar refractivity (Wildman–Crippen MR) is 321 cm³/mol. The second-order valence-electron chi connectivity index (χ2n) is 19.6. The lowest BCUT2D eigenvalue weighted by molar-refractivity contribution is 0.306. The zero-order valence-electron chi connectivity index (χ0n) is 47.2. The lowest BCUT2D eigenvalue weighted by atomic mass is 9.91. The first-order valence-electron chi connectivity index (χ1n) is 28.2. The van der Waals surface area contributed by atoms with E-state index < -0.39 is 32.6 Å². The van der Waals surface area contributed by atoms with Crippen molar-refractivity contribution in [3.63, 3.8) is 0 Å². The Kier molecular flexibility index (Phi) is 20.1. The van der Waals surface area contributed by atoms with Gasteiger partial charge >= 0.3 is 0 Å². The SMILES string of the molecule is CCCCOc1ccc(-c2cc(-c3ccc(OCCCC)c(CNc4c(N(CC)CC)c(=O)c4=O)c3)cc(-c3ccc(OCCCC)c(CNc4c(N(CC)CC)c(=O)c4=O)c3)c2)cc1CNc1c(N(CC)CC)c(=O)c1=O. The van der Waals surface area contributed by atoms with Crippen LogP contribution < -0.4 is 77.4 Å². The molecule has 0 amide bonds. The van der Waals surface area contributed by atoms with Gasteiger partial charge < -0.3 is 44.9 Å². The van der Waals surface area contributed by atoms with Crippen LogP contribution in [-0.2, 0) is 19.6 Å². The number of anilines is 6. The summed E-state index contributed by atoms with van der Waals surface area (Å²) in [7, 11) is 0. The van der Waals surface area contributed by atoms with Crippen molar-refractivity contribution in [1.82, 2.24) is 0 Å². The Bertz CT molecular complexity index is 3020. The highest BCUT2D eigenvalue weighted by molar-refractivity contribution is 5.83. The average Bonchev–Trinajstić information content (AvgIpc) is 3.50. The Labute approximate surface area is 458 Å². The van der Waals surface area contributed by atoms with Crippen LogP contribution in [-0.4, -0.2) is 59.1 Å². The van der Waals surface area contributed by atoms with E-state index in [1.807, 2.05) is 92.6 Å². The molecule has 3 N–H and O–H groups in total. The number of rotatable bonds is 33. The van der Waals surface area contributed by atoms with Crippen molar-refractivity contribution < 1.29 is 14.2 Å². The largest absolute Gasteiger partial charge is 0.493 e. The van der Waals surface area contributed by atoms with Crippen LogP contribution in [0.15, 0.2) is 102 Å². The molecule has 0 aromatic heterocycles. The van der Waals surface area contributed by atoms with Crippen molar-refractivity contribution in [3.8, 4) is 50.6 Å². The maximum absolute atomic E-state index is 13.0. The minimum Gasteiger partial charge on any atom is -0.493 e. The van der Waals surface area contributed by atoms with Crippen molar-refractivity contribution >= 4 is 34.1 Å². The van der Waals surface area contributed by atoms with E-state index >= 15 is 0 Å². The van der Waals surface area contributed by atoms with Gasteiger partial charge in [0.2, 0.25) is 0 Å². The molecule has 15 nitrogen and oxygen atoms in total. The van der Waals surface area contributed by atoms with Gasteiger partial charge in [-0.2, -0.15) is 0 Å². The molecule has 7 aromatic carbocycles. The average molecular weight is 1060 g/mol. The monoisotopic (exact) mass is 1060 g/mol. The lowest BCUT2D eigenvalue weighted by Crippen LogP contribution is -2.42. The summed E-state index contributed by atoms with van der Waals surface area (Å²) < 4.78 is 19.1. The van der Waals surface area contributed by atoms with Gasteiger partial charge in [0.05, 0.1) is 19.8 Å². The standard InChI is InChI=1S/C63H78N6O9/c1-10-19-28-76-49-25-22-40(31-46(49)37-64-52-55(61(73)58(52)70)67(13-4)14-5)43-34-44(41-23-26-50(77-29-20-11-2)47(32-41)38-65-53-56(62(74)59(53)71)68(15-6)16-7)36-45(35-43)42-24-27-51(78-30-21-12-3)48(33-42)39-66-54-57(63(75)60(54)72)69(17-8)18-9/h22-27,31-36,64-66H,10-21,28-30,37-39H2,1-9H3. The van der Waals surface area contributed by atoms with E-state index in [-0.39, 0.29) is 19.6 Å². The first kappa shape index (κ1) is 58.0. The molecule has 0 heterocycles. The minimum absolute atomic E-state index is 0.230. The first-order valence-corrected chi connectivity index (χ1v) is 28.2. The number of hydrogen-bond acceptors (Lipinski definition) is 15. The zero-order chi connectivity index (χ0) is 56.0. The van der Waals surface area contributed by atoms with Gasteiger partial charge in [-0.25, -0.2) is 0 Å². The minimum atomic E-state index is -0.533. The molecule has 414 valence electrons. The fraction of sp³-hybridized carbons (Fsp3) is 0.429. The van der Waals surface area contributed by atoms with Crippen LogP contribution >= 0.6 is 0 Å². The van der Waals surface area contributed by atoms with Crippen LogP contribution in [0.1, 0.15) is 118 Å². The molecule has 0 aliphatic carbocycles. The molecule has 0 bridgehead atoms. The third kappa shape index (κ3) is 12.5. The third-order valence-electron chi connectivity index (χ3n) is 14.6. The van der Waals surface area contributed by atoms with Crippen LogP contribution in [0.2, 0.25) is 0 Å². The van der Waals surface area contributed by atoms with Gasteiger partial charge in [0, 0.05) is 75.6 Å². The van der Waals surface area contributed by atoms with Crippen LogP contribution in [0.3, 0.4) is 0 Å². The maximum atomic E-state index is 13.0. The van der Waals surface area contributed by atoms with Crippen molar-refractivity contribution in [1.29, 1.82) is 0 Å². The van der Waals surface area contributed by atoms with Gasteiger partial charge in [0.1, 0.15) is 51.4 Å². The summed E-state index contributed by atoms with van der Waals surface area (Å²) in [6.45, 7) is 23.8. The van der Waals surface area contributed by atoms with Gasteiger partial charge in [-0.1, -0.05) is 58.2 Å². The highest BCUT2D eigenvalue weighted by atomic mass is 16.5. The fourth-order valence-electron chi connectivity index (χ4n) is 9.93. The van der Waals surface area contributed by atoms with Gasteiger partial charge in [-0.3, -0.25) is 28.8 Å². The molecule has 0 fully saturated rings. The van der Waals surface area contributed by atoms with E-state index in [9.17, 15) is 28.8 Å². The van der Waals surface area contributed by atoms with Crippen molar-refractivity contribution in [2.45, 2.75) is 120 Å². The molecule has 7 rings (SSSR count). The summed E-state index contributed by atoms with van der Waals surface area (Å²) in [5.41, 5.74) is 6.78. The number of nitrogens with zero attached hydrogens (tertiary/aromatic N) is 3. The van der Waals surface area contributed by atoms with E-state index in [0.29, 0.717) is 110 Å². The summed E-state index contributed by atoms with van der Waals surface area (Å²) in [6.07, 6.45) is 5.42. The molecular formula is C63H78N6O9. The second-order valence-corrected chi connectivity index (χ2v) is 19.6. The summed E-state index contributed by atoms with van der Waals surface area (Å²) >= 11 is 0. The van der Waals surface area contributed by atoms with Gasteiger partial charge in [0.15, 0.2) is 0 Å². The molecule has 0 aliphatic heterocycles. The number of unbranched alkanes of at least 4 members (excludes halogenated alkanes) is 3. The Morgan fingerprint density at radius 2 is 0.590 bits per heavy atom. The Morgan fingerprint density at radius 1 is 0.333 bits per heavy atom. The Morgan fingerprint density at radius 3 is 0.821 bits per heavy atom. The molecule has 0 radical (unpaired) electrons. The number of hydrogen-bond donors (Lipinski definition) is 3. The van der Waals surface area contributed by atoms with Crippen molar-refractivity contribution in [2.24, 2.45) is 0 Å². The molecule has 15 heteroatoms. The normalized spacial score (nSPS) is 11.3. The van der Waals surface area contributed by atoms with E-state index in [0.717, 1.165) is 88.6 Å². The number of benzene rings is 4. The van der Waals surface area contributed by atoms with Gasteiger partial charge in [-0.05, 0) is 149 Å². The van der Waals surface area contributed by atoms with E-state index in [2.05, 4.69) is 73.1 Å². The molecule has 0 atom stereocenters. The molecule has 0 aliphatic rings. The molecule has 7 aromatic rings. The summed E-state index contributed by atoms with van der Waals surface area (Å²) in [6, 6.07) is 24.6. The van der Waals surface area contributed by atoms with E-state index in [4.69, 9.17) is 14.2 Å². The van der Waals surface area contributed by atoms with Crippen LogP contribution in [0, 0.1) is 0 Å². The van der Waals surface area contributed by atoms with Gasteiger partial charge in [-0.15, -0.1) is 0 Å². The molecule has 0 saturated carbocycles. The highest BCUT2D eigenvalue weighted by Crippen LogP contribution is 2.39. The number of ether oxygens (including phenoxy) is 3. The summed E-state index contributed by atoms with van der Waals surface area (Å²) in [5, 5.41) is 9.95. The first-order chi connectivity index (χ1) is 37.8. The lowest BCUT2D eigenvalue weighted by Gasteiger charge is -2.25. The van der Waals surface area contributed by atoms with Crippen molar-refractivity contribution in [2.75, 3.05) is 89.7 Å². The quantitative estimate of drug-likeness (QED) is 0.0262. The van der Waals surface area contributed by atoms with Gasteiger partial charge in [0.25, 0.3) is 32.6 Å². The summed E-state index contributed by atoms with van der Waals surface area (Å²) in [4.78, 5) is 83.4. The maximum Gasteiger partial charge on any atom is 0.253 e. The number of nitrogens with one attached hydrogen (secondary N) is 3. The highest BCUT2D eigenvalue weighted by Gasteiger charge is 2.28.